The van der Waals surface area contributed by atoms with Crippen molar-refractivity contribution in [3.05, 3.63) is 91.0 Å². The van der Waals surface area contributed by atoms with Gasteiger partial charge in [0.25, 0.3) is 8.32 Å². The lowest BCUT2D eigenvalue weighted by Crippen LogP contribution is -2.72. The van der Waals surface area contributed by atoms with Crippen molar-refractivity contribution in [2.75, 3.05) is 13.2 Å². The maximum atomic E-state index is 7.61. The van der Waals surface area contributed by atoms with Crippen LogP contribution in [0.2, 0.25) is 25.2 Å². The molecule has 1 fully saturated rings. The zero-order chi connectivity index (χ0) is 26.4. The summed E-state index contributed by atoms with van der Waals surface area (Å²) in [5.74, 6) is 0.391. The predicted molar refractivity (Wildman–Crippen MR) is 160 cm³/mol. The molecule has 3 aromatic rings. The molecule has 4 rings (SSSR count). The van der Waals surface area contributed by atoms with Gasteiger partial charge < -0.3 is 17.4 Å². The molecule has 3 unspecified atom stereocenters. The molecule has 37 heavy (non-hydrogen) atoms. The average molecular weight is 551 g/mol. The second-order valence-electron chi connectivity index (χ2n) is 10.6. The summed E-state index contributed by atoms with van der Waals surface area (Å²) >= 11 is 0. The van der Waals surface area contributed by atoms with Gasteiger partial charge in [0.05, 0.1) is 6.10 Å². The summed E-state index contributed by atoms with van der Waals surface area (Å²) < 4.78 is 26.9. The highest BCUT2D eigenvalue weighted by Gasteiger charge is 2.51. The first kappa shape index (κ1) is 28.2. The Bertz CT molecular complexity index is 1000. The Labute approximate surface area is 226 Å². The van der Waals surface area contributed by atoms with Crippen molar-refractivity contribution in [2.45, 2.75) is 58.5 Å². The molecule has 0 radical (unpaired) electrons. The minimum Gasteiger partial charge on any atom is -0.446 e. The quantitative estimate of drug-likeness (QED) is 0.239. The number of hydrogen-bond donors (Lipinski definition) is 0. The lowest BCUT2D eigenvalue weighted by atomic mass is 10.0. The highest BCUT2D eigenvalue weighted by atomic mass is 28.4. The SMILES string of the molecule is CCO[Si]1(CC[Si](C)(C)O[Si](c2ccccc2)(c2ccccc2)c2ccccc2)OCC(C)C(CC)O1. The van der Waals surface area contributed by atoms with Gasteiger partial charge in [-0.1, -0.05) is 105 Å². The fraction of sp³-hybridized carbons (Fsp3) is 0.400. The summed E-state index contributed by atoms with van der Waals surface area (Å²) in [6.07, 6.45) is 1.18. The molecule has 4 nitrogen and oxygen atoms in total. The molecular formula is C30H42O4Si3. The van der Waals surface area contributed by atoms with Crippen molar-refractivity contribution >= 4 is 41.0 Å². The molecule has 0 N–H and O–H groups in total. The van der Waals surface area contributed by atoms with Crippen LogP contribution in [0.15, 0.2) is 91.0 Å². The first-order valence-electron chi connectivity index (χ1n) is 13.7. The normalized spacial score (nSPS) is 22.6. The zero-order valence-electron chi connectivity index (χ0n) is 23.0. The topological polar surface area (TPSA) is 36.9 Å². The summed E-state index contributed by atoms with van der Waals surface area (Å²) in [5, 5.41) is 3.82. The Morgan fingerprint density at radius 3 is 1.73 bits per heavy atom. The van der Waals surface area contributed by atoms with E-state index in [2.05, 4.69) is 118 Å². The van der Waals surface area contributed by atoms with E-state index in [0.29, 0.717) is 19.1 Å². The van der Waals surface area contributed by atoms with E-state index in [9.17, 15) is 0 Å². The van der Waals surface area contributed by atoms with Crippen LogP contribution in [-0.4, -0.2) is 44.8 Å². The van der Waals surface area contributed by atoms with Gasteiger partial charge in [0.1, 0.15) is 0 Å². The van der Waals surface area contributed by atoms with E-state index < -0.39 is 25.4 Å². The predicted octanol–water partition coefficient (Wildman–Crippen LogP) is 5.31. The Balaban J connectivity index is 1.71. The van der Waals surface area contributed by atoms with Gasteiger partial charge in [0.15, 0.2) is 8.32 Å². The standard InChI is InChI=1S/C30H42O4Si3/c1-6-30-26(3)25-32-36(33-30,31-7-2)24-23-35(4,5)34-37(27-17-11-8-12-18-27,28-19-13-9-14-20-28)29-21-15-10-16-22-29/h8-22,26,30H,6-7,23-25H2,1-5H3. The number of hydrogen-bond acceptors (Lipinski definition) is 4. The molecule has 0 aliphatic carbocycles. The van der Waals surface area contributed by atoms with Crippen LogP contribution in [-0.2, 0) is 17.4 Å². The van der Waals surface area contributed by atoms with Gasteiger partial charge in [0.2, 0.25) is 0 Å². The molecule has 1 saturated heterocycles. The molecule has 3 aromatic carbocycles. The molecule has 7 heteroatoms. The number of benzene rings is 3. The maximum absolute atomic E-state index is 7.61. The molecular weight excluding hydrogens is 509 g/mol. The molecule has 3 atom stereocenters. The molecule has 1 aliphatic rings. The Morgan fingerprint density at radius 2 is 1.30 bits per heavy atom. The summed E-state index contributed by atoms with van der Waals surface area (Å²) in [4.78, 5) is 0. The van der Waals surface area contributed by atoms with Crippen LogP contribution in [0.3, 0.4) is 0 Å². The minimum atomic E-state index is -2.77. The van der Waals surface area contributed by atoms with E-state index in [4.69, 9.17) is 17.4 Å². The van der Waals surface area contributed by atoms with Crippen molar-refractivity contribution < 1.29 is 17.4 Å². The van der Waals surface area contributed by atoms with Crippen molar-refractivity contribution in [3.63, 3.8) is 0 Å². The smallest absolute Gasteiger partial charge is 0.446 e. The van der Waals surface area contributed by atoms with E-state index in [1.165, 1.54) is 15.6 Å². The van der Waals surface area contributed by atoms with Crippen molar-refractivity contribution in [2.24, 2.45) is 5.92 Å². The highest BCUT2D eigenvalue weighted by Crippen LogP contribution is 2.33. The van der Waals surface area contributed by atoms with E-state index in [0.717, 1.165) is 18.5 Å². The Hall–Kier alpha value is -1.85. The minimum absolute atomic E-state index is 0.198. The Kier molecular flexibility index (Phi) is 9.39. The van der Waals surface area contributed by atoms with E-state index in [-0.39, 0.29) is 6.10 Å². The van der Waals surface area contributed by atoms with Crippen LogP contribution >= 0.6 is 0 Å². The highest BCUT2D eigenvalue weighted by molar-refractivity contribution is 7.10. The summed E-state index contributed by atoms with van der Waals surface area (Å²) in [5.41, 5.74) is 0. The van der Waals surface area contributed by atoms with Gasteiger partial charge >= 0.3 is 8.80 Å². The molecule has 0 saturated carbocycles. The monoisotopic (exact) mass is 550 g/mol. The fourth-order valence-electron chi connectivity index (χ4n) is 5.35. The van der Waals surface area contributed by atoms with Gasteiger partial charge in [0, 0.05) is 25.2 Å². The van der Waals surface area contributed by atoms with Crippen LogP contribution in [0.4, 0.5) is 0 Å². The van der Waals surface area contributed by atoms with Crippen molar-refractivity contribution in [1.29, 1.82) is 0 Å². The third kappa shape index (κ3) is 6.42. The van der Waals surface area contributed by atoms with Gasteiger partial charge in [-0.15, -0.1) is 0 Å². The van der Waals surface area contributed by atoms with Crippen LogP contribution in [0.1, 0.15) is 27.2 Å². The molecule has 0 spiro atoms. The third-order valence-corrected chi connectivity index (χ3v) is 19.0. The molecule has 0 bridgehead atoms. The van der Waals surface area contributed by atoms with Crippen LogP contribution in [0.5, 0.6) is 0 Å². The van der Waals surface area contributed by atoms with E-state index >= 15 is 0 Å². The molecule has 1 aliphatic heterocycles. The Morgan fingerprint density at radius 1 is 0.811 bits per heavy atom. The molecule has 0 aromatic heterocycles. The third-order valence-electron chi connectivity index (χ3n) is 7.30. The summed E-state index contributed by atoms with van der Waals surface area (Å²) in [6, 6.07) is 34.2. The van der Waals surface area contributed by atoms with Crippen molar-refractivity contribution in [1.82, 2.24) is 0 Å². The van der Waals surface area contributed by atoms with Gasteiger partial charge in [-0.05, 0) is 48.0 Å². The first-order valence-corrected chi connectivity index (χ1v) is 20.6. The second kappa shape index (κ2) is 12.3. The van der Waals surface area contributed by atoms with Gasteiger partial charge in [-0.2, -0.15) is 0 Å². The zero-order valence-corrected chi connectivity index (χ0v) is 26.0. The molecule has 198 valence electrons. The van der Waals surface area contributed by atoms with Gasteiger partial charge in [-0.3, -0.25) is 0 Å². The lowest BCUT2D eigenvalue weighted by Gasteiger charge is -2.43. The van der Waals surface area contributed by atoms with Crippen LogP contribution in [0.25, 0.3) is 0 Å². The van der Waals surface area contributed by atoms with E-state index in [1.807, 2.05) is 6.92 Å². The summed E-state index contributed by atoms with van der Waals surface area (Å²) in [6.45, 7) is 12.5. The molecule has 1 heterocycles. The summed E-state index contributed by atoms with van der Waals surface area (Å²) in [7, 11) is -7.77. The largest absolute Gasteiger partial charge is 0.501 e. The van der Waals surface area contributed by atoms with E-state index in [1.54, 1.807) is 0 Å². The number of rotatable bonds is 11. The van der Waals surface area contributed by atoms with Crippen LogP contribution < -0.4 is 15.6 Å². The lowest BCUT2D eigenvalue weighted by molar-refractivity contribution is -0.0503. The average Bonchev–Trinajstić information content (AvgIpc) is 2.94. The second-order valence-corrected chi connectivity index (χ2v) is 21.2. The first-order chi connectivity index (χ1) is 17.8. The van der Waals surface area contributed by atoms with Gasteiger partial charge in [-0.25, -0.2) is 0 Å². The fourth-order valence-corrected chi connectivity index (χ4v) is 19.5. The van der Waals surface area contributed by atoms with Crippen LogP contribution in [0, 0.1) is 5.92 Å². The molecule has 0 amide bonds. The maximum Gasteiger partial charge on any atom is 0.501 e. The van der Waals surface area contributed by atoms with Crippen molar-refractivity contribution in [3.8, 4) is 0 Å².